The summed E-state index contributed by atoms with van der Waals surface area (Å²) in [4.78, 5) is 0. The van der Waals surface area contributed by atoms with E-state index < -0.39 is 0 Å². The van der Waals surface area contributed by atoms with Crippen molar-refractivity contribution in [2.75, 3.05) is 0 Å². The lowest BCUT2D eigenvalue weighted by Crippen LogP contribution is -2.31. The Bertz CT molecular complexity index is 1570. The molecule has 1 fully saturated rings. The van der Waals surface area contributed by atoms with E-state index in [-0.39, 0.29) is 0 Å². The summed E-state index contributed by atoms with van der Waals surface area (Å²) in [5.41, 5.74) is 5.24. The Balaban J connectivity index is 1.56. The van der Waals surface area contributed by atoms with Crippen molar-refractivity contribution in [1.29, 1.82) is 0 Å². The van der Waals surface area contributed by atoms with Crippen LogP contribution in [0.25, 0.3) is 43.6 Å². The second-order valence-corrected chi connectivity index (χ2v) is 9.60. The van der Waals surface area contributed by atoms with Crippen molar-refractivity contribution in [2.24, 2.45) is 7.05 Å². The normalized spacial score (nSPS) is 15.4. The highest BCUT2D eigenvalue weighted by molar-refractivity contribution is 6.16. The highest BCUT2D eigenvalue weighted by Crippen LogP contribution is 2.50. The summed E-state index contributed by atoms with van der Waals surface area (Å²) in [6.07, 6.45) is 7.57. The van der Waals surface area contributed by atoms with E-state index in [1.165, 1.54) is 80.4 Å². The number of pyridine rings is 1. The highest BCUT2D eigenvalue weighted by Gasteiger charge is 2.31. The summed E-state index contributed by atoms with van der Waals surface area (Å²) in [6, 6.07) is 22.5. The van der Waals surface area contributed by atoms with Gasteiger partial charge in [-0.05, 0) is 70.5 Å². The lowest BCUT2D eigenvalue weighted by molar-refractivity contribution is -0.659. The Morgan fingerprint density at radius 3 is 2.50 bits per heavy atom. The van der Waals surface area contributed by atoms with Crippen molar-refractivity contribution < 1.29 is 9.30 Å². The first-order valence-corrected chi connectivity index (χ1v) is 11.8. The number of hydrogen-bond donors (Lipinski definition) is 0. The summed E-state index contributed by atoms with van der Waals surface area (Å²) >= 11 is 0. The number of aryl methyl sites for hydroxylation is 2. The molecular weight excluding hydrogens is 390 g/mol. The van der Waals surface area contributed by atoms with E-state index in [4.69, 9.17) is 4.74 Å². The monoisotopic (exact) mass is 416 g/mol. The van der Waals surface area contributed by atoms with Crippen LogP contribution >= 0.6 is 0 Å². The largest absolute Gasteiger partial charge is 0.456 e. The number of nitrogens with zero attached hydrogens (tertiary/aromatic N) is 1. The number of benzene rings is 4. The van der Waals surface area contributed by atoms with Gasteiger partial charge in [-0.25, -0.2) is 4.57 Å². The maximum atomic E-state index is 6.65. The van der Waals surface area contributed by atoms with Crippen molar-refractivity contribution >= 4 is 32.3 Å². The zero-order valence-electron chi connectivity index (χ0n) is 18.6. The number of ether oxygens (including phenoxy) is 1. The Labute approximate surface area is 188 Å². The molecule has 2 heteroatoms. The summed E-state index contributed by atoms with van der Waals surface area (Å²) in [5, 5.41) is 7.63. The first-order valence-electron chi connectivity index (χ1n) is 11.8. The summed E-state index contributed by atoms with van der Waals surface area (Å²) in [7, 11) is 2.15. The minimum absolute atomic E-state index is 0.714. The number of aromatic nitrogens is 1. The van der Waals surface area contributed by atoms with Gasteiger partial charge in [0.05, 0.1) is 10.9 Å². The van der Waals surface area contributed by atoms with Gasteiger partial charge >= 0.3 is 0 Å². The second kappa shape index (κ2) is 6.56. The van der Waals surface area contributed by atoms with Crippen LogP contribution in [-0.4, -0.2) is 0 Å². The number of rotatable bonds is 1. The maximum absolute atomic E-state index is 6.65. The van der Waals surface area contributed by atoms with Gasteiger partial charge in [-0.2, -0.15) is 0 Å². The standard InChI is InChI=1S/C30H26NO/c1-18-23-10-6-5-9-21(23)16-26-28(18)30-29-25(13-14-31(30)2)24-12-11-20(19-7-3-4-8-19)15-22(24)17-27(29)32-26/h5-6,9-17,19H,3-4,7-8H2,1-2H3/q+1. The average Bonchev–Trinajstić information content (AvgIpc) is 3.35. The van der Waals surface area contributed by atoms with E-state index in [1.807, 2.05) is 0 Å². The molecule has 0 bridgehead atoms. The zero-order valence-corrected chi connectivity index (χ0v) is 18.6. The topological polar surface area (TPSA) is 13.1 Å². The molecule has 5 aromatic rings. The van der Waals surface area contributed by atoms with E-state index in [2.05, 4.69) is 85.4 Å². The molecule has 1 saturated carbocycles. The van der Waals surface area contributed by atoms with Crippen LogP contribution in [0.2, 0.25) is 0 Å². The van der Waals surface area contributed by atoms with Crippen LogP contribution in [0.15, 0.2) is 66.9 Å². The molecule has 7 rings (SSSR count). The first kappa shape index (κ1) is 18.2. The molecule has 0 N–H and O–H groups in total. The van der Waals surface area contributed by atoms with Gasteiger partial charge < -0.3 is 4.74 Å². The fourth-order valence-electron chi connectivity index (χ4n) is 6.17. The van der Waals surface area contributed by atoms with Gasteiger partial charge in [0.1, 0.15) is 18.5 Å². The Hall–Kier alpha value is -3.39. The van der Waals surface area contributed by atoms with Gasteiger partial charge in [-0.1, -0.05) is 55.3 Å². The van der Waals surface area contributed by atoms with Crippen LogP contribution in [0.1, 0.15) is 42.7 Å². The minimum atomic E-state index is 0.714. The van der Waals surface area contributed by atoms with Crippen LogP contribution < -0.4 is 9.30 Å². The molecule has 2 aliphatic rings. The van der Waals surface area contributed by atoms with Crippen molar-refractivity contribution in [1.82, 2.24) is 0 Å². The van der Waals surface area contributed by atoms with Crippen LogP contribution in [0.5, 0.6) is 11.5 Å². The second-order valence-electron chi connectivity index (χ2n) is 9.60. The van der Waals surface area contributed by atoms with E-state index in [1.54, 1.807) is 0 Å². The molecule has 32 heavy (non-hydrogen) atoms. The third-order valence-electron chi connectivity index (χ3n) is 7.78. The molecule has 4 aromatic carbocycles. The van der Waals surface area contributed by atoms with Gasteiger partial charge in [0.15, 0.2) is 6.20 Å². The molecule has 0 radical (unpaired) electrons. The summed E-state index contributed by atoms with van der Waals surface area (Å²) < 4.78 is 8.91. The minimum Gasteiger partial charge on any atom is -0.456 e. The molecule has 1 aliphatic carbocycles. The molecule has 0 amide bonds. The highest BCUT2D eigenvalue weighted by atomic mass is 16.5. The molecule has 2 nitrogen and oxygen atoms in total. The smallest absolute Gasteiger partial charge is 0.228 e. The first-order chi connectivity index (χ1) is 15.7. The van der Waals surface area contributed by atoms with Gasteiger partial charge in [0, 0.05) is 11.5 Å². The van der Waals surface area contributed by atoms with Crippen molar-refractivity contribution in [2.45, 2.75) is 38.5 Å². The molecule has 2 heterocycles. The van der Waals surface area contributed by atoms with E-state index in [9.17, 15) is 0 Å². The van der Waals surface area contributed by atoms with Gasteiger partial charge in [-0.15, -0.1) is 0 Å². The van der Waals surface area contributed by atoms with Crippen molar-refractivity contribution in [3.05, 3.63) is 78.0 Å². The molecule has 0 spiro atoms. The maximum Gasteiger partial charge on any atom is 0.228 e. The van der Waals surface area contributed by atoms with Crippen LogP contribution in [0.4, 0.5) is 0 Å². The Morgan fingerprint density at radius 2 is 1.62 bits per heavy atom. The number of hydrogen-bond acceptors (Lipinski definition) is 1. The molecule has 1 aliphatic heterocycles. The summed E-state index contributed by atoms with van der Waals surface area (Å²) in [5.74, 6) is 2.65. The van der Waals surface area contributed by atoms with Gasteiger partial charge in [0.25, 0.3) is 0 Å². The Kier molecular flexibility index (Phi) is 3.73. The van der Waals surface area contributed by atoms with Crippen LogP contribution in [-0.2, 0) is 7.05 Å². The molecular formula is C30H26NO+. The molecule has 1 aromatic heterocycles. The number of fused-ring (bicyclic) bond motifs is 5. The quantitative estimate of drug-likeness (QED) is 0.198. The SMILES string of the molecule is Cc1c2c(cc3ccccc13)Oc1cc3cc(C4CCCC4)ccc3c3cc[n+](C)c-2c13. The summed E-state index contributed by atoms with van der Waals surface area (Å²) in [6.45, 7) is 2.23. The molecule has 156 valence electrons. The Morgan fingerprint density at radius 1 is 0.812 bits per heavy atom. The van der Waals surface area contributed by atoms with Crippen molar-refractivity contribution in [3.63, 3.8) is 0 Å². The predicted octanol–water partition coefficient (Wildman–Crippen LogP) is 7.71. The van der Waals surface area contributed by atoms with E-state index in [0.717, 1.165) is 11.5 Å². The van der Waals surface area contributed by atoms with E-state index in [0.29, 0.717) is 5.92 Å². The van der Waals surface area contributed by atoms with Gasteiger partial charge in [-0.3, -0.25) is 0 Å². The fourth-order valence-corrected chi connectivity index (χ4v) is 6.17. The van der Waals surface area contributed by atoms with Crippen LogP contribution in [0, 0.1) is 6.92 Å². The lowest BCUT2D eigenvalue weighted by atomic mass is 9.89. The molecule has 0 unspecified atom stereocenters. The lowest BCUT2D eigenvalue weighted by Gasteiger charge is -2.23. The van der Waals surface area contributed by atoms with E-state index >= 15 is 0 Å². The molecule has 0 atom stereocenters. The predicted molar refractivity (Wildman–Crippen MR) is 132 cm³/mol. The molecule has 0 saturated heterocycles. The fraction of sp³-hybridized carbons (Fsp3) is 0.233. The van der Waals surface area contributed by atoms with Gasteiger partial charge in [0.2, 0.25) is 5.69 Å². The van der Waals surface area contributed by atoms with Crippen LogP contribution in [0.3, 0.4) is 0 Å². The third kappa shape index (κ3) is 2.44. The third-order valence-corrected chi connectivity index (χ3v) is 7.78. The van der Waals surface area contributed by atoms with Crippen molar-refractivity contribution in [3.8, 4) is 22.8 Å². The zero-order chi connectivity index (χ0) is 21.4. The average molecular weight is 417 g/mol.